The lowest BCUT2D eigenvalue weighted by molar-refractivity contribution is -0.142. The molecule has 0 radical (unpaired) electrons. The second-order valence-electron chi connectivity index (χ2n) is 1.33. The third-order valence-corrected chi connectivity index (χ3v) is 1.01. The second kappa shape index (κ2) is 2.59. The first-order chi connectivity index (χ1) is 3.48. The van der Waals surface area contributed by atoms with Crippen LogP contribution in [0.5, 0.6) is 0 Å². The standard InChI is InChI=1S/C3H6F3NS/c4-3(5,6)2(7)1-8/h2,8H,1,7H2/t2-/m0/s1. The molecule has 0 rings (SSSR count). The van der Waals surface area contributed by atoms with Gasteiger partial charge in [0.1, 0.15) is 6.04 Å². The smallest absolute Gasteiger partial charge is 0.320 e. The largest absolute Gasteiger partial charge is 0.404 e. The summed E-state index contributed by atoms with van der Waals surface area (Å²) in [6.07, 6.45) is -4.29. The Labute approximate surface area is 50.5 Å². The Morgan fingerprint density at radius 2 is 1.88 bits per heavy atom. The topological polar surface area (TPSA) is 26.0 Å². The Morgan fingerprint density at radius 3 is 1.88 bits per heavy atom. The minimum atomic E-state index is -4.29. The first-order valence-corrected chi connectivity index (χ1v) is 2.55. The zero-order valence-electron chi connectivity index (χ0n) is 3.94. The molecule has 0 aliphatic heterocycles. The van der Waals surface area contributed by atoms with Crippen LogP contribution in [0.4, 0.5) is 13.2 Å². The van der Waals surface area contributed by atoms with Crippen LogP contribution in [0.3, 0.4) is 0 Å². The van der Waals surface area contributed by atoms with Gasteiger partial charge in [-0.25, -0.2) is 0 Å². The minimum absolute atomic E-state index is 0.358. The van der Waals surface area contributed by atoms with Gasteiger partial charge in [-0.15, -0.1) is 0 Å². The summed E-state index contributed by atoms with van der Waals surface area (Å²) < 4.78 is 33.8. The Morgan fingerprint density at radius 1 is 1.50 bits per heavy atom. The Hall–Kier alpha value is 0.100. The third-order valence-electron chi connectivity index (χ3n) is 0.617. The highest BCUT2D eigenvalue weighted by atomic mass is 32.1. The van der Waals surface area contributed by atoms with E-state index in [1.807, 2.05) is 0 Å². The number of hydrogen-bond donors (Lipinski definition) is 2. The fourth-order valence-electron chi connectivity index (χ4n) is 0.104. The number of hydrogen-bond acceptors (Lipinski definition) is 2. The van der Waals surface area contributed by atoms with Crippen LogP contribution in [0.2, 0.25) is 0 Å². The summed E-state index contributed by atoms with van der Waals surface area (Å²) in [7, 11) is 0. The number of rotatable bonds is 1. The predicted octanol–water partition coefficient (Wildman–Crippen LogP) is 0.806. The van der Waals surface area contributed by atoms with E-state index in [0.717, 1.165) is 0 Å². The summed E-state index contributed by atoms with van der Waals surface area (Å²) in [6.45, 7) is 0. The first-order valence-electron chi connectivity index (χ1n) is 1.91. The monoisotopic (exact) mass is 145 g/mol. The highest BCUT2D eigenvalue weighted by Crippen LogP contribution is 2.18. The molecule has 0 spiro atoms. The van der Waals surface area contributed by atoms with Gasteiger partial charge >= 0.3 is 6.18 Å². The van der Waals surface area contributed by atoms with Gasteiger partial charge in [-0.3, -0.25) is 0 Å². The normalized spacial score (nSPS) is 16.1. The maximum atomic E-state index is 11.3. The summed E-state index contributed by atoms with van der Waals surface area (Å²) in [5.41, 5.74) is 4.55. The van der Waals surface area contributed by atoms with Crippen LogP contribution in [-0.4, -0.2) is 18.0 Å². The number of alkyl halides is 3. The SMILES string of the molecule is N[C@@H](CS)C(F)(F)F. The van der Waals surface area contributed by atoms with Crippen LogP contribution in [0.1, 0.15) is 0 Å². The molecule has 0 aromatic heterocycles. The van der Waals surface area contributed by atoms with Crippen molar-refractivity contribution in [2.24, 2.45) is 5.73 Å². The highest BCUT2D eigenvalue weighted by molar-refractivity contribution is 7.80. The number of halogens is 3. The molecule has 2 N–H and O–H groups in total. The predicted molar refractivity (Wildman–Crippen MR) is 27.9 cm³/mol. The molecule has 5 heteroatoms. The molecule has 0 aromatic carbocycles. The van der Waals surface area contributed by atoms with Crippen molar-refractivity contribution in [2.75, 3.05) is 5.75 Å². The fraction of sp³-hybridized carbons (Fsp3) is 1.00. The quantitative estimate of drug-likeness (QED) is 0.524. The molecule has 0 bridgehead atoms. The summed E-state index contributed by atoms with van der Waals surface area (Å²) in [5.74, 6) is -0.358. The van der Waals surface area contributed by atoms with Gasteiger partial charge in [-0.05, 0) is 0 Å². The Balaban J connectivity index is 3.62. The van der Waals surface area contributed by atoms with Crippen LogP contribution < -0.4 is 5.73 Å². The number of thiol groups is 1. The molecular weight excluding hydrogens is 139 g/mol. The van der Waals surface area contributed by atoms with Gasteiger partial charge in [-0.2, -0.15) is 25.8 Å². The van der Waals surface area contributed by atoms with E-state index in [1.54, 1.807) is 0 Å². The fourth-order valence-corrected chi connectivity index (χ4v) is 0.311. The second-order valence-corrected chi connectivity index (χ2v) is 1.70. The van der Waals surface area contributed by atoms with Crippen molar-refractivity contribution in [3.8, 4) is 0 Å². The minimum Gasteiger partial charge on any atom is -0.320 e. The molecule has 8 heavy (non-hydrogen) atoms. The van der Waals surface area contributed by atoms with Gasteiger partial charge in [0.25, 0.3) is 0 Å². The van der Waals surface area contributed by atoms with E-state index in [0.29, 0.717) is 0 Å². The van der Waals surface area contributed by atoms with E-state index >= 15 is 0 Å². The lowest BCUT2D eigenvalue weighted by atomic mass is 10.4. The van der Waals surface area contributed by atoms with Crippen LogP contribution in [0, 0.1) is 0 Å². The van der Waals surface area contributed by atoms with Gasteiger partial charge < -0.3 is 5.73 Å². The van der Waals surface area contributed by atoms with E-state index in [1.165, 1.54) is 0 Å². The molecule has 0 saturated carbocycles. The summed E-state index contributed by atoms with van der Waals surface area (Å²) in [4.78, 5) is 0. The highest BCUT2D eigenvalue weighted by Gasteiger charge is 2.35. The molecule has 0 fully saturated rings. The van der Waals surface area contributed by atoms with Gasteiger partial charge in [0, 0.05) is 5.75 Å². The molecule has 1 atom stereocenters. The zero-order chi connectivity index (χ0) is 6.78. The van der Waals surface area contributed by atoms with Crippen molar-refractivity contribution in [2.45, 2.75) is 12.2 Å². The Bertz CT molecular complexity index is 71.4. The summed E-state index contributed by atoms with van der Waals surface area (Å²) in [5, 5.41) is 0. The van der Waals surface area contributed by atoms with E-state index in [-0.39, 0.29) is 5.75 Å². The zero-order valence-corrected chi connectivity index (χ0v) is 4.84. The van der Waals surface area contributed by atoms with Crippen LogP contribution in [0.15, 0.2) is 0 Å². The molecule has 50 valence electrons. The van der Waals surface area contributed by atoms with Crippen LogP contribution in [-0.2, 0) is 0 Å². The summed E-state index contributed by atoms with van der Waals surface area (Å²) >= 11 is 3.36. The van der Waals surface area contributed by atoms with Crippen molar-refractivity contribution in [3.63, 3.8) is 0 Å². The van der Waals surface area contributed by atoms with Crippen LogP contribution >= 0.6 is 12.6 Å². The van der Waals surface area contributed by atoms with Gasteiger partial charge in [0.15, 0.2) is 0 Å². The molecular formula is C3H6F3NS. The molecule has 0 aliphatic carbocycles. The maximum absolute atomic E-state index is 11.3. The van der Waals surface area contributed by atoms with E-state index in [4.69, 9.17) is 0 Å². The molecule has 0 saturated heterocycles. The Kier molecular flexibility index (Phi) is 2.62. The van der Waals surface area contributed by atoms with Crippen LogP contribution in [0.25, 0.3) is 0 Å². The van der Waals surface area contributed by atoms with Crippen molar-refractivity contribution in [3.05, 3.63) is 0 Å². The number of nitrogens with two attached hydrogens (primary N) is 1. The van der Waals surface area contributed by atoms with Crippen molar-refractivity contribution >= 4 is 12.6 Å². The van der Waals surface area contributed by atoms with Gasteiger partial charge in [0.05, 0.1) is 0 Å². The van der Waals surface area contributed by atoms with E-state index < -0.39 is 12.2 Å². The van der Waals surface area contributed by atoms with Crippen molar-refractivity contribution in [1.29, 1.82) is 0 Å². The average Bonchev–Trinajstić information content (AvgIpc) is 1.62. The molecule has 0 amide bonds. The van der Waals surface area contributed by atoms with Crippen molar-refractivity contribution in [1.82, 2.24) is 0 Å². The lowest BCUT2D eigenvalue weighted by Crippen LogP contribution is -2.38. The lowest BCUT2D eigenvalue weighted by Gasteiger charge is -2.11. The molecule has 0 aromatic rings. The molecule has 1 nitrogen and oxygen atoms in total. The maximum Gasteiger partial charge on any atom is 0.404 e. The molecule has 0 aliphatic rings. The van der Waals surface area contributed by atoms with Gasteiger partial charge in [-0.1, -0.05) is 0 Å². The first kappa shape index (κ1) is 8.10. The molecule has 0 heterocycles. The average molecular weight is 145 g/mol. The van der Waals surface area contributed by atoms with E-state index in [2.05, 4.69) is 18.4 Å². The molecule has 0 unspecified atom stereocenters. The van der Waals surface area contributed by atoms with Gasteiger partial charge in [0.2, 0.25) is 0 Å². The van der Waals surface area contributed by atoms with E-state index in [9.17, 15) is 13.2 Å². The summed E-state index contributed by atoms with van der Waals surface area (Å²) in [6, 6.07) is -1.79. The third kappa shape index (κ3) is 2.42. The van der Waals surface area contributed by atoms with Crippen molar-refractivity contribution < 1.29 is 13.2 Å².